The number of ether oxygens (including phenoxy) is 1. The van der Waals surface area contributed by atoms with Crippen LogP contribution in [0.5, 0.6) is 0 Å². The van der Waals surface area contributed by atoms with E-state index in [0.717, 1.165) is 16.6 Å². The quantitative estimate of drug-likeness (QED) is 0.386. The topological polar surface area (TPSA) is 9.23 Å². The summed E-state index contributed by atoms with van der Waals surface area (Å²) in [5.41, 5.74) is 0.961. The second kappa shape index (κ2) is 8.20. The fourth-order valence-electron chi connectivity index (χ4n) is 2.72. The first-order chi connectivity index (χ1) is 9.29. The summed E-state index contributed by atoms with van der Waals surface area (Å²) in [4.78, 5) is 0. The maximum absolute atomic E-state index is 13.3. The largest absolute Gasteiger partial charge is 0.372 e. The van der Waals surface area contributed by atoms with Crippen LogP contribution < -0.4 is 0 Å². The van der Waals surface area contributed by atoms with Crippen molar-refractivity contribution in [2.75, 3.05) is 11.0 Å². The van der Waals surface area contributed by atoms with Crippen LogP contribution in [0.4, 0.5) is 4.39 Å². The third-order valence-corrected chi connectivity index (χ3v) is 4.67. The molecule has 1 unspecified atom stereocenters. The van der Waals surface area contributed by atoms with Gasteiger partial charge < -0.3 is 4.74 Å². The molecule has 1 aliphatic carbocycles. The minimum absolute atomic E-state index is 0.0274. The molecule has 106 valence electrons. The lowest BCUT2D eigenvalue weighted by Gasteiger charge is -2.20. The zero-order valence-electron chi connectivity index (χ0n) is 11.3. The van der Waals surface area contributed by atoms with E-state index in [1.165, 1.54) is 44.6 Å². The Kier molecular flexibility index (Phi) is 6.57. The molecule has 1 fully saturated rings. The normalized spacial score (nSPS) is 19.1. The van der Waals surface area contributed by atoms with Gasteiger partial charge in [0.15, 0.2) is 0 Å². The zero-order chi connectivity index (χ0) is 13.5. The Balaban J connectivity index is 1.88. The van der Waals surface area contributed by atoms with E-state index < -0.39 is 0 Å². The maximum atomic E-state index is 13.3. The summed E-state index contributed by atoms with van der Waals surface area (Å²) < 4.78 is 20.2. The molecular formula is C16H22FIO. The Hall–Kier alpha value is -0.160. The van der Waals surface area contributed by atoms with Gasteiger partial charge in [-0.25, -0.2) is 4.39 Å². The van der Waals surface area contributed by atoms with Crippen molar-refractivity contribution in [3.63, 3.8) is 0 Å². The smallest absolute Gasteiger partial charge is 0.123 e. The highest BCUT2D eigenvalue weighted by Gasteiger charge is 2.16. The number of alkyl halides is 1. The van der Waals surface area contributed by atoms with Crippen LogP contribution >= 0.6 is 22.6 Å². The fourth-order valence-corrected chi connectivity index (χ4v) is 3.48. The monoisotopic (exact) mass is 376 g/mol. The molecule has 0 radical (unpaired) electrons. The molecule has 1 nitrogen and oxygen atoms in total. The Morgan fingerprint density at radius 2 is 1.95 bits per heavy atom. The SMILES string of the molecule is Fc1cccc(C(CI)OCC2CCCCCC2)c1. The predicted molar refractivity (Wildman–Crippen MR) is 85.2 cm³/mol. The minimum Gasteiger partial charge on any atom is -0.372 e. The van der Waals surface area contributed by atoms with Crippen LogP contribution in [0, 0.1) is 11.7 Å². The van der Waals surface area contributed by atoms with Crippen molar-refractivity contribution in [2.45, 2.75) is 44.6 Å². The molecule has 0 heterocycles. The third kappa shape index (κ3) is 5.03. The van der Waals surface area contributed by atoms with Gasteiger partial charge in [0, 0.05) is 4.43 Å². The molecule has 1 atom stereocenters. The second-order valence-corrected chi connectivity index (χ2v) is 6.27. The highest BCUT2D eigenvalue weighted by molar-refractivity contribution is 14.1. The van der Waals surface area contributed by atoms with Crippen LogP contribution in [0.3, 0.4) is 0 Å². The average molecular weight is 376 g/mol. The van der Waals surface area contributed by atoms with Crippen molar-refractivity contribution in [3.05, 3.63) is 35.6 Å². The standard InChI is InChI=1S/C16H22FIO/c17-15-9-5-8-14(10-15)16(11-18)19-12-13-6-3-1-2-4-7-13/h5,8-10,13,16H,1-4,6-7,11-12H2. The molecule has 0 saturated heterocycles. The molecular weight excluding hydrogens is 354 g/mol. The molecule has 0 aromatic heterocycles. The lowest BCUT2D eigenvalue weighted by molar-refractivity contribution is 0.0400. The molecule has 0 bridgehead atoms. The van der Waals surface area contributed by atoms with E-state index in [1.54, 1.807) is 12.1 Å². The third-order valence-electron chi connectivity index (χ3n) is 3.87. The van der Waals surface area contributed by atoms with Crippen molar-refractivity contribution in [1.29, 1.82) is 0 Å². The summed E-state index contributed by atoms with van der Waals surface area (Å²) >= 11 is 2.32. The van der Waals surface area contributed by atoms with Gasteiger partial charge in [-0.1, -0.05) is 60.4 Å². The summed E-state index contributed by atoms with van der Waals surface area (Å²) in [6.45, 7) is 0.824. The van der Waals surface area contributed by atoms with Crippen molar-refractivity contribution in [3.8, 4) is 0 Å². The number of halogens is 2. The number of hydrogen-bond acceptors (Lipinski definition) is 1. The summed E-state index contributed by atoms with van der Waals surface area (Å²) in [7, 11) is 0. The fraction of sp³-hybridized carbons (Fsp3) is 0.625. The molecule has 2 rings (SSSR count). The Morgan fingerprint density at radius 1 is 1.21 bits per heavy atom. The van der Waals surface area contributed by atoms with Gasteiger partial charge in [-0.05, 0) is 36.5 Å². The molecule has 1 aromatic rings. The first kappa shape index (κ1) is 15.2. The van der Waals surface area contributed by atoms with Crippen LogP contribution in [0.25, 0.3) is 0 Å². The summed E-state index contributed by atoms with van der Waals surface area (Å²) in [5.74, 6) is 0.520. The molecule has 1 saturated carbocycles. The van der Waals surface area contributed by atoms with Gasteiger partial charge >= 0.3 is 0 Å². The van der Waals surface area contributed by atoms with Gasteiger partial charge in [0.2, 0.25) is 0 Å². The summed E-state index contributed by atoms with van der Waals surface area (Å²) in [6.07, 6.45) is 8.02. The molecule has 1 aliphatic rings. The molecule has 1 aromatic carbocycles. The molecule has 0 aliphatic heterocycles. The van der Waals surface area contributed by atoms with E-state index in [-0.39, 0.29) is 11.9 Å². The average Bonchev–Trinajstić information content (AvgIpc) is 2.68. The second-order valence-electron chi connectivity index (χ2n) is 5.39. The lowest BCUT2D eigenvalue weighted by atomic mass is 10.0. The van der Waals surface area contributed by atoms with Crippen molar-refractivity contribution in [2.24, 2.45) is 5.92 Å². The van der Waals surface area contributed by atoms with Gasteiger partial charge in [-0.15, -0.1) is 0 Å². The molecule has 0 spiro atoms. The highest BCUT2D eigenvalue weighted by Crippen LogP contribution is 2.26. The Morgan fingerprint density at radius 3 is 2.58 bits per heavy atom. The zero-order valence-corrected chi connectivity index (χ0v) is 13.4. The number of rotatable bonds is 5. The van der Waals surface area contributed by atoms with Crippen LogP contribution in [-0.2, 0) is 4.74 Å². The first-order valence-corrected chi connectivity index (χ1v) is 8.75. The van der Waals surface area contributed by atoms with Gasteiger partial charge in [0.05, 0.1) is 12.7 Å². The Labute approximate surface area is 129 Å². The van der Waals surface area contributed by atoms with Crippen LogP contribution in [0.2, 0.25) is 0 Å². The van der Waals surface area contributed by atoms with Gasteiger partial charge in [-0.3, -0.25) is 0 Å². The van der Waals surface area contributed by atoms with Crippen LogP contribution in [0.15, 0.2) is 24.3 Å². The van der Waals surface area contributed by atoms with Crippen LogP contribution in [0.1, 0.15) is 50.2 Å². The number of benzene rings is 1. The summed E-state index contributed by atoms with van der Waals surface area (Å²) in [6, 6.07) is 6.80. The van der Waals surface area contributed by atoms with E-state index in [2.05, 4.69) is 22.6 Å². The van der Waals surface area contributed by atoms with Gasteiger partial charge in [0.25, 0.3) is 0 Å². The van der Waals surface area contributed by atoms with E-state index >= 15 is 0 Å². The van der Waals surface area contributed by atoms with E-state index in [1.807, 2.05) is 6.07 Å². The minimum atomic E-state index is -0.176. The predicted octanol–water partition coefficient (Wildman–Crippen LogP) is 5.29. The number of hydrogen-bond donors (Lipinski definition) is 0. The van der Waals surface area contributed by atoms with Crippen molar-refractivity contribution in [1.82, 2.24) is 0 Å². The van der Waals surface area contributed by atoms with Crippen LogP contribution in [-0.4, -0.2) is 11.0 Å². The lowest BCUT2D eigenvalue weighted by Crippen LogP contribution is -2.14. The molecule has 0 N–H and O–H groups in total. The Bertz CT molecular complexity index is 375. The van der Waals surface area contributed by atoms with Gasteiger partial charge in [0.1, 0.15) is 5.82 Å². The highest BCUT2D eigenvalue weighted by atomic mass is 127. The molecule has 19 heavy (non-hydrogen) atoms. The van der Waals surface area contributed by atoms with E-state index in [0.29, 0.717) is 5.92 Å². The van der Waals surface area contributed by atoms with E-state index in [4.69, 9.17) is 4.74 Å². The maximum Gasteiger partial charge on any atom is 0.123 e. The molecule has 0 amide bonds. The van der Waals surface area contributed by atoms with Gasteiger partial charge in [-0.2, -0.15) is 0 Å². The van der Waals surface area contributed by atoms with Crippen molar-refractivity contribution < 1.29 is 9.13 Å². The molecule has 3 heteroatoms. The van der Waals surface area contributed by atoms with E-state index in [9.17, 15) is 4.39 Å². The first-order valence-electron chi connectivity index (χ1n) is 7.22. The summed E-state index contributed by atoms with van der Waals surface area (Å²) in [5, 5.41) is 0. The van der Waals surface area contributed by atoms with Crippen molar-refractivity contribution >= 4 is 22.6 Å².